The van der Waals surface area contributed by atoms with Crippen molar-refractivity contribution in [1.82, 2.24) is 9.21 Å². The summed E-state index contributed by atoms with van der Waals surface area (Å²) in [6.45, 7) is 8.57. The second kappa shape index (κ2) is 9.28. The van der Waals surface area contributed by atoms with Gasteiger partial charge in [-0.1, -0.05) is 30.4 Å². The number of hydrogen-bond donors (Lipinski definition) is 0. The van der Waals surface area contributed by atoms with Gasteiger partial charge in [0.25, 0.3) is 0 Å². The smallest absolute Gasteiger partial charge is 0.227 e. The monoisotopic (exact) mass is 398 g/mol. The van der Waals surface area contributed by atoms with Crippen LogP contribution in [0.5, 0.6) is 5.75 Å². The molecule has 28 heavy (non-hydrogen) atoms. The maximum absolute atomic E-state index is 12.4. The molecule has 2 aromatic rings. The van der Waals surface area contributed by atoms with E-state index in [1.807, 2.05) is 48.7 Å². The van der Waals surface area contributed by atoms with Crippen molar-refractivity contribution >= 4 is 11.9 Å². The molecule has 0 N–H and O–H groups in total. The normalized spacial score (nSPS) is 14.7. The van der Waals surface area contributed by atoms with Crippen LogP contribution in [0.3, 0.4) is 0 Å². The highest BCUT2D eigenvalue weighted by Gasteiger charge is 2.18. The first-order chi connectivity index (χ1) is 13.4. The van der Waals surface area contributed by atoms with Crippen molar-refractivity contribution in [3.8, 4) is 5.75 Å². The lowest BCUT2D eigenvalue weighted by Gasteiger charge is -2.15. The van der Waals surface area contributed by atoms with Gasteiger partial charge in [-0.05, 0) is 56.2 Å². The predicted octanol–water partition coefficient (Wildman–Crippen LogP) is 4.11. The first-order valence-electron chi connectivity index (χ1n) is 9.17. The molecule has 1 aromatic carbocycles. The van der Waals surface area contributed by atoms with E-state index < -0.39 is 0 Å². The molecule has 148 valence electrons. The van der Waals surface area contributed by atoms with Crippen LogP contribution in [0.4, 0.5) is 0 Å². The number of ether oxygens (including phenoxy) is 1. The molecule has 1 aromatic heterocycles. The highest BCUT2D eigenvalue weighted by atomic mass is 32.2. The molecule has 3 rings (SSSR count). The summed E-state index contributed by atoms with van der Waals surface area (Å²) in [4.78, 5) is 15.7. The lowest BCUT2D eigenvalue weighted by atomic mass is 10.2. The fourth-order valence-electron chi connectivity index (χ4n) is 3.08. The van der Waals surface area contributed by atoms with Gasteiger partial charge in [-0.25, -0.2) is 0 Å². The minimum absolute atomic E-state index is 0.158. The van der Waals surface area contributed by atoms with E-state index in [-0.39, 0.29) is 11.2 Å². The fraction of sp³-hybridized carbons (Fsp3) is 0.318. The molecule has 0 saturated carbocycles. The summed E-state index contributed by atoms with van der Waals surface area (Å²) in [6, 6.07) is 9.61. The van der Waals surface area contributed by atoms with Gasteiger partial charge in [0.2, 0.25) is 11.2 Å². The zero-order chi connectivity index (χ0) is 20.1. The Morgan fingerprint density at radius 1 is 1.29 bits per heavy atom. The summed E-state index contributed by atoms with van der Waals surface area (Å²) in [5.41, 5.74) is 3.40. The van der Waals surface area contributed by atoms with Gasteiger partial charge < -0.3 is 9.15 Å². The SMILES string of the molecule is C=CC1=C(C)CN(Cc2cc(=O)c(OCc3ccc(SN(C)C)cc3)co2)C1. The van der Waals surface area contributed by atoms with Crippen LogP contribution < -0.4 is 10.2 Å². The minimum atomic E-state index is -0.158. The number of rotatable bonds is 8. The molecule has 1 aliphatic rings. The van der Waals surface area contributed by atoms with Crippen LogP contribution in [0.1, 0.15) is 18.2 Å². The summed E-state index contributed by atoms with van der Waals surface area (Å²) in [7, 11) is 4.01. The molecule has 0 fully saturated rings. The molecule has 0 amide bonds. The number of hydrogen-bond acceptors (Lipinski definition) is 6. The zero-order valence-electron chi connectivity index (χ0n) is 16.6. The van der Waals surface area contributed by atoms with Crippen LogP contribution in [0.2, 0.25) is 0 Å². The molecule has 1 aliphatic heterocycles. The third-order valence-corrected chi connectivity index (χ3v) is 5.33. The van der Waals surface area contributed by atoms with Gasteiger partial charge >= 0.3 is 0 Å². The number of benzene rings is 1. The lowest BCUT2D eigenvalue weighted by molar-refractivity contribution is 0.273. The highest BCUT2D eigenvalue weighted by molar-refractivity contribution is 7.97. The van der Waals surface area contributed by atoms with Gasteiger partial charge in [-0.15, -0.1) is 0 Å². The summed E-state index contributed by atoms with van der Waals surface area (Å²) < 4.78 is 13.3. The van der Waals surface area contributed by atoms with E-state index in [0.29, 0.717) is 18.9 Å². The largest absolute Gasteiger partial charge is 0.482 e. The molecule has 6 heteroatoms. The van der Waals surface area contributed by atoms with Crippen LogP contribution in [0.25, 0.3) is 0 Å². The van der Waals surface area contributed by atoms with Crippen molar-refractivity contribution < 1.29 is 9.15 Å². The van der Waals surface area contributed by atoms with Crippen molar-refractivity contribution in [1.29, 1.82) is 0 Å². The van der Waals surface area contributed by atoms with E-state index >= 15 is 0 Å². The standard InChI is InChI=1S/C22H26N2O3S/c1-5-18-12-24(11-16(18)2)13-19-10-21(25)22(15-26-19)27-14-17-6-8-20(9-7-17)28-23(3)4/h5-10,15H,1,11-14H2,2-4H3. The van der Waals surface area contributed by atoms with Crippen LogP contribution in [-0.2, 0) is 13.2 Å². The summed E-state index contributed by atoms with van der Waals surface area (Å²) in [5.74, 6) is 0.874. The Labute approximate surface area is 170 Å². The van der Waals surface area contributed by atoms with Crippen LogP contribution in [0, 0.1) is 0 Å². The Morgan fingerprint density at radius 2 is 2.04 bits per heavy atom. The fourth-order valence-corrected chi connectivity index (χ4v) is 3.76. The van der Waals surface area contributed by atoms with Crippen molar-refractivity contribution in [3.05, 3.63) is 81.9 Å². The molecule has 0 radical (unpaired) electrons. The Kier molecular flexibility index (Phi) is 6.78. The van der Waals surface area contributed by atoms with E-state index in [2.05, 4.69) is 18.4 Å². The van der Waals surface area contributed by atoms with E-state index in [0.717, 1.165) is 23.5 Å². The predicted molar refractivity (Wildman–Crippen MR) is 113 cm³/mol. The molecular weight excluding hydrogens is 372 g/mol. The third kappa shape index (κ3) is 5.38. The Bertz CT molecular complexity index is 916. The van der Waals surface area contributed by atoms with E-state index in [1.54, 1.807) is 11.9 Å². The van der Waals surface area contributed by atoms with Crippen LogP contribution in [-0.4, -0.2) is 36.4 Å². The Balaban J connectivity index is 1.56. The second-order valence-corrected chi connectivity index (χ2v) is 8.45. The topological polar surface area (TPSA) is 45.9 Å². The van der Waals surface area contributed by atoms with Crippen molar-refractivity contribution in [2.45, 2.75) is 25.0 Å². The summed E-state index contributed by atoms with van der Waals surface area (Å²) >= 11 is 1.66. The number of nitrogens with zero attached hydrogens (tertiary/aromatic N) is 2. The average Bonchev–Trinajstić information content (AvgIpc) is 3.01. The molecule has 0 unspecified atom stereocenters. The first kappa shape index (κ1) is 20.5. The van der Waals surface area contributed by atoms with Gasteiger partial charge in [0.05, 0.1) is 6.54 Å². The quantitative estimate of drug-likeness (QED) is 0.624. The highest BCUT2D eigenvalue weighted by Crippen LogP contribution is 2.21. The second-order valence-electron chi connectivity index (χ2n) is 7.07. The van der Waals surface area contributed by atoms with E-state index in [4.69, 9.17) is 9.15 Å². The molecule has 0 saturated heterocycles. The van der Waals surface area contributed by atoms with Gasteiger partial charge in [-0.3, -0.25) is 14.0 Å². The van der Waals surface area contributed by atoms with E-state index in [9.17, 15) is 4.79 Å². The molecule has 2 heterocycles. The minimum Gasteiger partial charge on any atom is -0.482 e. The third-order valence-electron chi connectivity index (χ3n) is 4.49. The maximum Gasteiger partial charge on any atom is 0.227 e. The average molecular weight is 399 g/mol. The molecule has 0 bridgehead atoms. The molecule has 0 aliphatic carbocycles. The first-order valence-corrected chi connectivity index (χ1v) is 9.94. The van der Waals surface area contributed by atoms with Crippen molar-refractivity contribution in [2.75, 3.05) is 27.2 Å². The molecule has 0 spiro atoms. The van der Waals surface area contributed by atoms with Gasteiger partial charge in [0, 0.05) is 24.1 Å². The lowest BCUT2D eigenvalue weighted by Crippen LogP contribution is -2.21. The van der Waals surface area contributed by atoms with Gasteiger partial charge in [0.15, 0.2) is 0 Å². The maximum atomic E-state index is 12.4. The van der Waals surface area contributed by atoms with Crippen LogP contribution >= 0.6 is 11.9 Å². The van der Waals surface area contributed by atoms with Crippen LogP contribution in [0.15, 0.2) is 74.5 Å². The Morgan fingerprint density at radius 3 is 2.64 bits per heavy atom. The zero-order valence-corrected chi connectivity index (χ0v) is 17.4. The summed E-state index contributed by atoms with van der Waals surface area (Å²) in [6.07, 6.45) is 3.31. The van der Waals surface area contributed by atoms with Crippen molar-refractivity contribution in [3.63, 3.8) is 0 Å². The summed E-state index contributed by atoms with van der Waals surface area (Å²) in [5, 5.41) is 0. The molecule has 0 atom stereocenters. The Hall–Kier alpha value is -2.28. The van der Waals surface area contributed by atoms with E-state index in [1.165, 1.54) is 23.5 Å². The molecular formula is C22H26N2O3S. The van der Waals surface area contributed by atoms with Gasteiger partial charge in [-0.2, -0.15) is 0 Å². The van der Waals surface area contributed by atoms with Crippen molar-refractivity contribution in [2.24, 2.45) is 0 Å². The van der Waals surface area contributed by atoms with Gasteiger partial charge in [0.1, 0.15) is 18.6 Å². The molecule has 5 nitrogen and oxygen atoms in total.